The van der Waals surface area contributed by atoms with Gasteiger partial charge in [0, 0.05) is 32.4 Å². The second-order valence-corrected chi connectivity index (χ2v) is 7.18. The first-order chi connectivity index (χ1) is 11.2. The van der Waals surface area contributed by atoms with Crippen molar-refractivity contribution in [3.05, 3.63) is 77.4 Å². The van der Waals surface area contributed by atoms with Gasteiger partial charge in [-0.25, -0.2) is 0 Å². The Balaban J connectivity index is 1.65. The van der Waals surface area contributed by atoms with E-state index in [-0.39, 0.29) is 0 Å². The predicted molar refractivity (Wildman–Crippen MR) is 103 cm³/mol. The normalized spacial score (nSPS) is 11.2. The molecule has 0 saturated carbocycles. The largest absolute Gasteiger partial charge is 0.381 e. The molecular formula is C21H19NS. The molecule has 1 N–H and O–H groups in total. The molecule has 0 bridgehead atoms. The van der Waals surface area contributed by atoms with E-state index in [0.717, 1.165) is 6.54 Å². The maximum atomic E-state index is 3.57. The van der Waals surface area contributed by atoms with Crippen molar-refractivity contribution in [2.75, 3.05) is 5.32 Å². The summed E-state index contributed by atoms with van der Waals surface area (Å²) in [6.45, 7) is 5.18. The molecule has 0 aliphatic heterocycles. The highest BCUT2D eigenvalue weighted by molar-refractivity contribution is 7.25. The topological polar surface area (TPSA) is 12.0 Å². The summed E-state index contributed by atoms with van der Waals surface area (Å²) in [7, 11) is 0. The smallest absolute Gasteiger partial charge is 0.0403 e. The minimum atomic E-state index is 0.861. The minimum Gasteiger partial charge on any atom is -0.381 e. The molecule has 0 spiro atoms. The van der Waals surface area contributed by atoms with Crippen LogP contribution in [-0.4, -0.2) is 0 Å². The number of anilines is 1. The van der Waals surface area contributed by atoms with Crippen LogP contribution in [0.15, 0.2) is 60.7 Å². The highest BCUT2D eigenvalue weighted by Crippen LogP contribution is 2.35. The predicted octanol–water partition coefficient (Wildman–Crippen LogP) is 6.28. The average molecular weight is 317 g/mol. The zero-order valence-corrected chi connectivity index (χ0v) is 14.2. The molecule has 23 heavy (non-hydrogen) atoms. The molecule has 0 aliphatic rings. The number of fused-ring (bicyclic) bond motifs is 3. The van der Waals surface area contributed by atoms with Crippen LogP contribution in [0, 0.1) is 13.8 Å². The molecule has 0 aliphatic carbocycles. The Bertz CT molecular complexity index is 997. The summed E-state index contributed by atoms with van der Waals surface area (Å²) in [5, 5.41) is 6.27. The van der Waals surface area contributed by atoms with Crippen molar-refractivity contribution in [1.29, 1.82) is 0 Å². The molecule has 4 rings (SSSR count). The lowest BCUT2D eigenvalue weighted by Crippen LogP contribution is -2.01. The number of hydrogen-bond acceptors (Lipinski definition) is 2. The first-order valence-corrected chi connectivity index (χ1v) is 8.74. The summed E-state index contributed by atoms with van der Waals surface area (Å²) in [6, 6.07) is 22.0. The summed E-state index contributed by atoms with van der Waals surface area (Å²) in [5.74, 6) is 0. The van der Waals surface area contributed by atoms with E-state index >= 15 is 0 Å². The summed E-state index contributed by atoms with van der Waals surface area (Å²) in [4.78, 5) is 0. The van der Waals surface area contributed by atoms with Crippen LogP contribution in [0.25, 0.3) is 20.2 Å². The van der Waals surface area contributed by atoms with Gasteiger partial charge in [0.25, 0.3) is 0 Å². The van der Waals surface area contributed by atoms with Gasteiger partial charge in [-0.05, 0) is 49.2 Å². The summed E-state index contributed by atoms with van der Waals surface area (Å²) >= 11 is 1.86. The number of benzene rings is 3. The third kappa shape index (κ3) is 2.71. The molecule has 0 unspecified atom stereocenters. The summed E-state index contributed by atoms with van der Waals surface area (Å²) < 4.78 is 2.71. The first-order valence-electron chi connectivity index (χ1n) is 7.92. The number of hydrogen-bond donors (Lipinski definition) is 1. The maximum absolute atomic E-state index is 3.57. The van der Waals surface area contributed by atoms with Crippen LogP contribution >= 0.6 is 11.3 Å². The monoisotopic (exact) mass is 317 g/mol. The molecule has 1 nitrogen and oxygen atoms in total. The average Bonchev–Trinajstić information content (AvgIpc) is 2.92. The Labute approximate surface area is 140 Å². The molecule has 0 amide bonds. The van der Waals surface area contributed by atoms with Gasteiger partial charge in [0.15, 0.2) is 0 Å². The Morgan fingerprint density at radius 3 is 2.52 bits per heavy atom. The zero-order valence-electron chi connectivity index (χ0n) is 13.4. The molecule has 0 fully saturated rings. The molecule has 4 aromatic rings. The van der Waals surface area contributed by atoms with E-state index in [4.69, 9.17) is 0 Å². The van der Waals surface area contributed by atoms with Crippen LogP contribution in [0.3, 0.4) is 0 Å². The molecule has 0 radical (unpaired) electrons. The second kappa shape index (κ2) is 5.71. The molecule has 114 valence electrons. The van der Waals surface area contributed by atoms with E-state index in [1.807, 2.05) is 11.3 Å². The van der Waals surface area contributed by atoms with Gasteiger partial charge in [-0.2, -0.15) is 0 Å². The van der Waals surface area contributed by atoms with Crippen LogP contribution in [0.5, 0.6) is 0 Å². The van der Waals surface area contributed by atoms with Crippen molar-refractivity contribution < 1.29 is 0 Å². The third-order valence-corrected chi connectivity index (χ3v) is 5.51. The Hall–Kier alpha value is -2.32. The highest BCUT2D eigenvalue weighted by Gasteiger charge is 2.05. The fraction of sp³-hybridized carbons (Fsp3) is 0.143. The van der Waals surface area contributed by atoms with Crippen LogP contribution in [0.1, 0.15) is 16.7 Å². The van der Waals surface area contributed by atoms with Gasteiger partial charge in [0.2, 0.25) is 0 Å². The van der Waals surface area contributed by atoms with E-state index in [2.05, 4.69) is 79.8 Å². The zero-order chi connectivity index (χ0) is 15.8. The molecule has 0 atom stereocenters. The molecule has 1 heterocycles. The lowest BCUT2D eigenvalue weighted by atomic mass is 10.1. The fourth-order valence-electron chi connectivity index (χ4n) is 3.08. The van der Waals surface area contributed by atoms with Gasteiger partial charge in [-0.1, -0.05) is 42.0 Å². The standard InChI is InChI=1S/C21H19NS/c1-14-7-8-16(15(2)11-14)13-22-17-9-10-21-19(12-17)18-5-3-4-6-20(18)23-21/h3-12,22H,13H2,1-2H3. The first kappa shape index (κ1) is 14.3. The van der Waals surface area contributed by atoms with E-state index in [9.17, 15) is 0 Å². The third-order valence-electron chi connectivity index (χ3n) is 4.36. The van der Waals surface area contributed by atoms with Gasteiger partial charge in [-0.15, -0.1) is 11.3 Å². The van der Waals surface area contributed by atoms with Crippen molar-refractivity contribution >= 4 is 37.2 Å². The van der Waals surface area contributed by atoms with Crippen molar-refractivity contribution in [2.24, 2.45) is 0 Å². The van der Waals surface area contributed by atoms with Gasteiger partial charge in [0.1, 0.15) is 0 Å². The van der Waals surface area contributed by atoms with E-state index in [1.165, 1.54) is 42.6 Å². The van der Waals surface area contributed by atoms with E-state index in [1.54, 1.807) is 0 Å². The van der Waals surface area contributed by atoms with Crippen molar-refractivity contribution in [2.45, 2.75) is 20.4 Å². The van der Waals surface area contributed by atoms with Crippen molar-refractivity contribution in [3.63, 3.8) is 0 Å². The Morgan fingerprint density at radius 2 is 1.65 bits per heavy atom. The van der Waals surface area contributed by atoms with Crippen LogP contribution in [0.2, 0.25) is 0 Å². The van der Waals surface area contributed by atoms with Gasteiger partial charge in [-0.3, -0.25) is 0 Å². The van der Waals surface area contributed by atoms with Crippen molar-refractivity contribution in [3.8, 4) is 0 Å². The molecule has 0 saturated heterocycles. The minimum absolute atomic E-state index is 0.861. The second-order valence-electron chi connectivity index (χ2n) is 6.09. The SMILES string of the molecule is Cc1ccc(CNc2ccc3sc4ccccc4c3c2)c(C)c1. The lowest BCUT2D eigenvalue weighted by molar-refractivity contribution is 1.11. The van der Waals surface area contributed by atoms with E-state index < -0.39 is 0 Å². The van der Waals surface area contributed by atoms with Gasteiger partial charge in [0.05, 0.1) is 0 Å². The van der Waals surface area contributed by atoms with Crippen LogP contribution in [-0.2, 0) is 6.54 Å². The van der Waals surface area contributed by atoms with Gasteiger partial charge < -0.3 is 5.32 Å². The molecule has 1 aromatic heterocycles. The lowest BCUT2D eigenvalue weighted by Gasteiger charge is -2.10. The number of nitrogens with one attached hydrogen (secondary N) is 1. The Morgan fingerprint density at radius 1 is 0.826 bits per heavy atom. The number of rotatable bonds is 3. The van der Waals surface area contributed by atoms with E-state index in [0.29, 0.717) is 0 Å². The highest BCUT2D eigenvalue weighted by atomic mass is 32.1. The van der Waals surface area contributed by atoms with Gasteiger partial charge >= 0.3 is 0 Å². The molecule has 3 aromatic carbocycles. The number of aryl methyl sites for hydroxylation is 2. The maximum Gasteiger partial charge on any atom is 0.0403 e. The van der Waals surface area contributed by atoms with Crippen LogP contribution in [0.4, 0.5) is 5.69 Å². The Kier molecular flexibility index (Phi) is 3.55. The summed E-state index contributed by atoms with van der Waals surface area (Å²) in [6.07, 6.45) is 0. The van der Waals surface area contributed by atoms with Crippen LogP contribution < -0.4 is 5.32 Å². The quantitative estimate of drug-likeness (QED) is 0.468. The molecular weight excluding hydrogens is 298 g/mol. The number of thiophene rings is 1. The molecule has 2 heteroatoms. The van der Waals surface area contributed by atoms with Crippen molar-refractivity contribution in [1.82, 2.24) is 0 Å². The fourth-order valence-corrected chi connectivity index (χ4v) is 4.16. The summed E-state index contributed by atoms with van der Waals surface area (Å²) in [5.41, 5.74) is 5.20.